The second-order valence-corrected chi connectivity index (χ2v) is 6.38. The largest absolute Gasteiger partial charge is 0.392 e. The Morgan fingerprint density at radius 2 is 1.70 bits per heavy atom. The van der Waals surface area contributed by atoms with E-state index in [2.05, 4.69) is 4.72 Å². The Bertz CT molecular complexity index is 679. The van der Waals surface area contributed by atoms with E-state index in [9.17, 15) is 8.42 Å². The van der Waals surface area contributed by atoms with E-state index in [1.165, 1.54) is 0 Å². The van der Waals surface area contributed by atoms with Crippen LogP contribution in [0.25, 0.3) is 0 Å². The van der Waals surface area contributed by atoms with Crippen LogP contribution >= 0.6 is 0 Å². The molecule has 0 aliphatic carbocycles. The molecule has 0 atom stereocenters. The summed E-state index contributed by atoms with van der Waals surface area (Å²) in [7, 11) is -3.51. The molecule has 0 saturated carbocycles. The maximum atomic E-state index is 12.1. The predicted octanol–water partition coefficient (Wildman–Crippen LogP) is 1.97. The lowest BCUT2D eigenvalue weighted by Gasteiger charge is -2.08. The van der Waals surface area contributed by atoms with Crippen molar-refractivity contribution in [2.45, 2.75) is 25.0 Å². The Hall–Kier alpha value is -1.69. The molecule has 0 spiro atoms. The van der Waals surface area contributed by atoms with Crippen LogP contribution in [0.5, 0.6) is 0 Å². The summed E-state index contributed by atoms with van der Waals surface area (Å²) in [4.78, 5) is 0.251. The van der Waals surface area contributed by atoms with Crippen LogP contribution in [0.1, 0.15) is 16.7 Å². The highest BCUT2D eigenvalue weighted by molar-refractivity contribution is 7.89. The quantitative estimate of drug-likeness (QED) is 0.885. The molecule has 0 heterocycles. The summed E-state index contributed by atoms with van der Waals surface area (Å²) >= 11 is 0. The minimum atomic E-state index is -3.51. The van der Waals surface area contributed by atoms with Crippen LogP contribution in [0, 0.1) is 6.92 Å². The third-order valence-corrected chi connectivity index (χ3v) is 4.39. The summed E-state index contributed by atoms with van der Waals surface area (Å²) in [5.74, 6) is 0. The van der Waals surface area contributed by atoms with Gasteiger partial charge in [0, 0.05) is 6.54 Å². The van der Waals surface area contributed by atoms with Gasteiger partial charge in [0.15, 0.2) is 0 Å². The zero-order valence-corrected chi connectivity index (χ0v) is 12.0. The lowest BCUT2D eigenvalue weighted by atomic mass is 10.1. The SMILES string of the molecule is Cc1ccc(S(=O)(=O)NCc2cccc(CO)c2)cc1. The van der Waals surface area contributed by atoms with Gasteiger partial charge in [0.1, 0.15) is 0 Å². The summed E-state index contributed by atoms with van der Waals surface area (Å²) in [5, 5.41) is 9.06. The molecule has 0 unspecified atom stereocenters. The molecule has 2 N–H and O–H groups in total. The number of nitrogens with one attached hydrogen (secondary N) is 1. The normalized spacial score (nSPS) is 11.5. The molecule has 0 aliphatic rings. The van der Waals surface area contributed by atoms with E-state index in [0.717, 1.165) is 16.7 Å². The monoisotopic (exact) mass is 291 g/mol. The fourth-order valence-corrected chi connectivity index (χ4v) is 2.83. The van der Waals surface area contributed by atoms with Gasteiger partial charge < -0.3 is 5.11 Å². The highest BCUT2D eigenvalue weighted by atomic mass is 32.2. The van der Waals surface area contributed by atoms with E-state index >= 15 is 0 Å². The molecule has 2 aromatic rings. The zero-order chi connectivity index (χ0) is 14.6. The molecule has 2 aromatic carbocycles. The number of aliphatic hydroxyl groups is 1. The first kappa shape index (κ1) is 14.7. The van der Waals surface area contributed by atoms with Crippen LogP contribution in [-0.4, -0.2) is 13.5 Å². The van der Waals surface area contributed by atoms with Gasteiger partial charge in [-0.1, -0.05) is 42.0 Å². The first-order chi connectivity index (χ1) is 9.51. The van der Waals surface area contributed by atoms with Crippen molar-refractivity contribution in [1.82, 2.24) is 4.72 Å². The van der Waals surface area contributed by atoms with Gasteiger partial charge in [-0.05, 0) is 30.2 Å². The van der Waals surface area contributed by atoms with Gasteiger partial charge >= 0.3 is 0 Å². The van der Waals surface area contributed by atoms with Crippen molar-refractivity contribution >= 4 is 10.0 Å². The third kappa shape index (κ3) is 3.66. The Balaban J connectivity index is 2.10. The van der Waals surface area contributed by atoms with Crippen molar-refractivity contribution in [2.24, 2.45) is 0 Å². The van der Waals surface area contributed by atoms with E-state index in [-0.39, 0.29) is 18.0 Å². The molecule has 0 radical (unpaired) electrons. The molecule has 0 saturated heterocycles. The number of sulfonamides is 1. The summed E-state index contributed by atoms with van der Waals surface area (Å²) < 4.78 is 26.8. The van der Waals surface area contributed by atoms with Gasteiger partial charge in [-0.25, -0.2) is 13.1 Å². The maximum absolute atomic E-state index is 12.1. The first-order valence-corrected chi connectivity index (χ1v) is 7.74. The van der Waals surface area contributed by atoms with E-state index in [4.69, 9.17) is 5.11 Å². The van der Waals surface area contributed by atoms with Crippen LogP contribution in [-0.2, 0) is 23.2 Å². The number of benzene rings is 2. The van der Waals surface area contributed by atoms with Crippen molar-refractivity contribution in [1.29, 1.82) is 0 Å². The molecular formula is C15H17NO3S. The van der Waals surface area contributed by atoms with Gasteiger partial charge in [0.05, 0.1) is 11.5 Å². The van der Waals surface area contributed by atoms with Crippen molar-refractivity contribution in [3.63, 3.8) is 0 Å². The van der Waals surface area contributed by atoms with Crippen LogP contribution < -0.4 is 4.72 Å². The molecule has 0 bridgehead atoms. The molecule has 0 aliphatic heterocycles. The second-order valence-electron chi connectivity index (χ2n) is 4.62. The number of rotatable bonds is 5. The van der Waals surface area contributed by atoms with Gasteiger partial charge in [0.25, 0.3) is 0 Å². The van der Waals surface area contributed by atoms with E-state index in [0.29, 0.717) is 0 Å². The van der Waals surface area contributed by atoms with Gasteiger partial charge in [-0.15, -0.1) is 0 Å². The lowest BCUT2D eigenvalue weighted by molar-refractivity contribution is 0.281. The fourth-order valence-electron chi connectivity index (χ4n) is 1.82. The number of aryl methyl sites for hydroxylation is 1. The second kappa shape index (κ2) is 6.17. The molecule has 0 amide bonds. The Morgan fingerprint density at radius 1 is 1.05 bits per heavy atom. The van der Waals surface area contributed by atoms with Gasteiger partial charge in [-0.3, -0.25) is 0 Å². The minimum absolute atomic E-state index is 0.0570. The average Bonchev–Trinajstić information content (AvgIpc) is 2.46. The highest BCUT2D eigenvalue weighted by Gasteiger charge is 2.13. The highest BCUT2D eigenvalue weighted by Crippen LogP contribution is 2.11. The lowest BCUT2D eigenvalue weighted by Crippen LogP contribution is -2.23. The van der Waals surface area contributed by atoms with Gasteiger partial charge in [-0.2, -0.15) is 0 Å². The Kier molecular flexibility index (Phi) is 4.54. The van der Waals surface area contributed by atoms with Crippen molar-refractivity contribution in [3.8, 4) is 0 Å². The molecule has 20 heavy (non-hydrogen) atoms. The van der Waals surface area contributed by atoms with E-state index < -0.39 is 10.0 Å². The van der Waals surface area contributed by atoms with E-state index in [1.54, 1.807) is 42.5 Å². The molecule has 0 aromatic heterocycles. The Morgan fingerprint density at radius 3 is 2.35 bits per heavy atom. The molecule has 0 fully saturated rings. The topological polar surface area (TPSA) is 66.4 Å². The smallest absolute Gasteiger partial charge is 0.240 e. The molecular weight excluding hydrogens is 274 g/mol. The third-order valence-electron chi connectivity index (χ3n) is 2.97. The minimum Gasteiger partial charge on any atom is -0.392 e. The number of hydrogen-bond donors (Lipinski definition) is 2. The van der Waals surface area contributed by atoms with Crippen molar-refractivity contribution in [2.75, 3.05) is 0 Å². The number of aliphatic hydroxyl groups excluding tert-OH is 1. The summed E-state index contributed by atoms with van der Waals surface area (Å²) in [6.07, 6.45) is 0. The van der Waals surface area contributed by atoms with Crippen LogP contribution in [0.4, 0.5) is 0 Å². The van der Waals surface area contributed by atoms with Gasteiger partial charge in [0.2, 0.25) is 10.0 Å². The first-order valence-electron chi connectivity index (χ1n) is 6.26. The summed E-state index contributed by atoms with van der Waals surface area (Å²) in [6, 6.07) is 13.9. The van der Waals surface area contributed by atoms with Crippen LogP contribution in [0.15, 0.2) is 53.4 Å². The van der Waals surface area contributed by atoms with Crippen molar-refractivity contribution in [3.05, 3.63) is 65.2 Å². The Labute approximate surface area is 119 Å². The van der Waals surface area contributed by atoms with Crippen LogP contribution in [0.3, 0.4) is 0 Å². The zero-order valence-electron chi connectivity index (χ0n) is 11.2. The van der Waals surface area contributed by atoms with Crippen molar-refractivity contribution < 1.29 is 13.5 Å². The number of hydrogen-bond acceptors (Lipinski definition) is 3. The van der Waals surface area contributed by atoms with E-state index in [1.807, 2.05) is 13.0 Å². The average molecular weight is 291 g/mol. The molecule has 4 nitrogen and oxygen atoms in total. The fraction of sp³-hybridized carbons (Fsp3) is 0.200. The summed E-state index contributed by atoms with van der Waals surface area (Å²) in [6.45, 7) is 2.05. The summed E-state index contributed by atoms with van der Waals surface area (Å²) in [5.41, 5.74) is 2.59. The maximum Gasteiger partial charge on any atom is 0.240 e. The predicted molar refractivity (Wildman–Crippen MR) is 77.6 cm³/mol. The molecule has 5 heteroatoms. The molecule has 2 rings (SSSR count). The molecule has 106 valence electrons. The standard InChI is InChI=1S/C15H17NO3S/c1-12-5-7-15(8-6-12)20(18,19)16-10-13-3-2-4-14(9-13)11-17/h2-9,16-17H,10-11H2,1H3. The van der Waals surface area contributed by atoms with Crippen LogP contribution in [0.2, 0.25) is 0 Å².